The minimum Gasteiger partial charge on any atom is -0.462 e. The number of carbonyl (C=O) groups is 2. The van der Waals surface area contributed by atoms with Crippen molar-refractivity contribution in [3.63, 3.8) is 0 Å². The molecule has 0 aromatic rings. The molecule has 1 atom stereocenters. The molecule has 54 heavy (non-hydrogen) atoms. The van der Waals surface area contributed by atoms with E-state index < -0.39 is 32.5 Å². The second-order valence-corrected chi connectivity index (χ2v) is 16.7. The minimum atomic E-state index is -4.75. The molecule has 0 radical (unpaired) electrons. The molecule has 2 N–H and O–H groups in total. The van der Waals surface area contributed by atoms with Crippen LogP contribution < -0.4 is 0 Å². The molecule has 0 unspecified atom stereocenters. The lowest BCUT2D eigenvalue weighted by Gasteiger charge is -2.18. The SMILES string of the molecule is C=CCCCCCCCCCCCCCCCC(=O)OC[C@H](COP(=O)(O)O)OC(=O)CCCCCCCCCCCCC/C=C/CCCCCCCC. The van der Waals surface area contributed by atoms with E-state index in [-0.39, 0.29) is 19.4 Å². The molecule has 0 bridgehead atoms. The van der Waals surface area contributed by atoms with Crippen molar-refractivity contribution >= 4 is 19.8 Å². The van der Waals surface area contributed by atoms with Crippen molar-refractivity contribution in [3.05, 3.63) is 24.8 Å². The highest BCUT2D eigenvalue weighted by molar-refractivity contribution is 7.46. The number of unbranched alkanes of at least 4 members (excludes halogenated alkanes) is 30. The quantitative estimate of drug-likeness (QED) is 0.0271. The molecule has 0 aromatic carbocycles. The molecule has 9 heteroatoms. The van der Waals surface area contributed by atoms with Gasteiger partial charge in [0.15, 0.2) is 6.10 Å². The Kier molecular flexibility index (Phi) is 40.1. The van der Waals surface area contributed by atoms with Crippen molar-refractivity contribution in [1.29, 1.82) is 0 Å². The maximum absolute atomic E-state index is 12.4. The maximum atomic E-state index is 12.4. The van der Waals surface area contributed by atoms with Crippen molar-refractivity contribution in [3.8, 4) is 0 Å². The van der Waals surface area contributed by atoms with Crippen LogP contribution in [0.2, 0.25) is 0 Å². The van der Waals surface area contributed by atoms with Crippen LogP contribution in [0, 0.1) is 0 Å². The van der Waals surface area contributed by atoms with Crippen molar-refractivity contribution in [2.24, 2.45) is 0 Å². The number of phosphoric ester groups is 1. The fourth-order valence-corrected chi connectivity index (χ4v) is 7.06. The Labute approximate surface area is 332 Å². The van der Waals surface area contributed by atoms with Gasteiger partial charge in [-0.15, -0.1) is 6.58 Å². The van der Waals surface area contributed by atoms with Gasteiger partial charge in [-0.3, -0.25) is 14.1 Å². The van der Waals surface area contributed by atoms with E-state index >= 15 is 0 Å². The van der Waals surface area contributed by atoms with E-state index in [1.165, 1.54) is 161 Å². The Morgan fingerprint density at radius 3 is 1.26 bits per heavy atom. The van der Waals surface area contributed by atoms with E-state index in [0.717, 1.165) is 44.9 Å². The summed E-state index contributed by atoms with van der Waals surface area (Å²) in [6.45, 7) is 5.22. The highest BCUT2D eigenvalue weighted by Crippen LogP contribution is 2.36. The molecule has 0 aliphatic carbocycles. The van der Waals surface area contributed by atoms with Gasteiger partial charge < -0.3 is 19.3 Å². The van der Waals surface area contributed by atoms with Crippen LogP contribution in [0.15, 0.2) is 24.8 Å². The lowest BCUT2D eigenvalue weighted by atomic mass is 10.0. The van der Waals surface area contributed by atoms with Crippen LogP contribution in [0.3, 0.4) is 0 Å². The number of hydrogen-bond acceptors (Lipinski definition) is 6. The number of ether oxygens (including phenoxy) is 2. The minimum absolute atomic E-state index is 0.213. The summed E-state index contributed by atoms with van der Waals surface area (Å²) in [6, 6.07) is 0. The molecule has 0 fully saturated rings. The van der Waals surface area contributed by atoms with Crippen LogP contribution in [-0.4, -0.2) is 41.0 Å². The van der Waals surface area contributed by atoms with Crippen LogP contribution in [-0.2, 0) is 28.2 Å². The largest absolute Gasteiger partial charge is 0.469 e. The second kappa shape index (κ2) is 41.2. The van der Waals surface area contributed by atoms with E-state index in [9.17, 15) is 14.2 Å². The summed E-state index contributed by atoms with van der Waals surface area (Å²) in [7, 11) is -4.75. The van der Waals surface area contributed by atoms with Gasteiger partial charge in [0, 0.05) is 12.8 Å². The molecule has 0 aromatic heterocycles. The predicted octanol–water partition coefficient (Wildman–Crippen LogP) is 14.0. The second-order valence-electron chi connectivity index (χ2n) is 15.5. The van der Waals surface area contributed by atoms with Gasteiger partial charge in [0.2, 0.25) is 0 Å². The molecular weight excluding hydrogens is 699 g/mol. The van der Waals surface area contributed by atoms with Crippen LogP contribution in [0.4, 0.5) is 0 Å². The van der Waals surface area contributed by atoms with E-state index in [2.05, 4.69) is 30.2 Å². The molecule has 0 saturated carbocycles. The average molecular weight is 785 g/mol. The Hall–Kier alpha value is -1.47. The fraction of sp³-hybridized carbons (Fsp3) is 0.867. The molecule has 0 saturated heterocycles. The first-order valence-corrected chi connectivity index (χ1v) is 24.1. The first kappa shape index (κ1) is 52.5. The van der Waals surface area contributed by atoms with Crippen LogP contribution in [0.1, 0.15) is 232 Å². The van der Waals surface area contributed by atoms with Gasteiger partial charge in [-0.2, -0.15) is 0 Å². The molecule has 8 nitrogen and oxygen atoms in total. The molecule has 0 heterocycles. The van der Waals surface area contributed by atoms with Gasteiger partial charge in [-0.25, -0.2) is 4.57 Å². The number of esters is 2. The normalized spacial score (nSPS) is 12.4. The summed E-state index contributed by atoms with van der Waals surface area (Å²) in [4.78, 5) is 42.9. The van der Waals surface area contributed by atoms with E-state index in [1.807, 2.05) is 6.08 Å². The lowest BCUT2D eigenvalue weighted by molar-refractivity contribution is -0.161. The number of phosphoric acid groups is 1. The molecule has 0 aliphatic heterocycles. The molecule has 0 spiro atoms. The van der Waals surface area contributed by atoms with Crippen molar-refractivity contribution < 1.29 is 37.9 Å². The van der Waals surface area contributed by atoms with Crippen molar-refractivity contribution in [2.75, 3.05) is 13.2 Å². The molecule has 0 rings (SSSR count). The van der Waals surface area contributed by atoms with Crippen molar-refractivity contribution in [1.82, 2.24) is 0 Å². The van der Waals surface area contributed by atoms with Gasteiger partial charge >= 0.3 is 19.8 Å². The van der Waals surface area contributed by atoms with Gasteiger partial charge in [-0.05, 0) is 51.4 Å². The third-order valence-corrected chi connectivity index (χ3v) is 10.6. The number of allylic oxidation sites excluding steroid dienone is 3. The molecule has 0 amide bonds. The zero-order valence-electron chi connectivity index (χ0n) is 35.0. The summed E-state index contributed by atoms with van der Waals surface area (Å²) < 4.78 is 26.4. The Bertz CT molecular complexity index is 917. The van der Waals surface area contributed by atoms with Crippen molar-refractivity contribution in [2.45, 2.75) is 238 Å². The number of carbonyl (C=O) groups excluding carboxylic acids is 2. The first-order chi connectivity index (χ1) is 26.3. The van der Waals surface area contributed by atoms with Gasteiger partial charge in [0.05, 0.1) is 6.61 Å². The summed E-state index contributed by atoms with van der Waals surface area (Å²) in [5.41, 5.74) is 0. The van der Waals surface area contributed by atoms with E-state index in [4.69, 9.17) is 19.3 Å². The topological polar surface area (TPSA) is 119 Å². The summed E-state index contributed by atoms with van der Waals surface area (Å²) in [5.74, 6) is -0.878. The van der Waals surface area contributed by atoms with Gasteiger partial charge in [0.25, 0.3) is 0 Å². The third-order valence-electron chi connectivity index (χ3n) is 10.1. The monoisotopic (exact) mass is 785 g/mol. The number of rotatable bonds is 43. The Balaban J connectivity index is 3.82. The first-order valence-electron chi connectivity index (χ1n) is 22.6. The van der Waals surface area contributed by atoms with Crippen LogP contribution in [0.5, 0.6) is 0 Å². The molecule has 0 aliphatic rings. The highest BCUT2D eigenvalue weighted by Gasteiger charge is 2.23. The maximum Gasteiger partial charge on any atom is 0.469 e. The Morgan fingerprint density at radius 1 is 0.519 bits per heavy atom. The lowest BCUT2D eigenvalue weighted by Crippen LogP contribution is -2.29. The van der Waals surface area contributed by atoms with Crippen LogP contribution in [0.25, 0.3) is 0 Å². The number of hydrogen-bond donors (Lipinski definition) is 2. The van der Waals surface area contributed by atoms with Gasteiger partial charge in [-0.1, -0.05) is 186 Å². The zero-order valence-corrected chi connectivity index (χ0v) is 35.9. The molecule has 318 valence electrons. The average Bonchev–Trinajstić information content (AvgIpc) is 3.14. The summed E-state index contributed by atoms with van der Waals surface area (Å²) in [6.07, 6.45) is 46.5. The summed E-state index contributed by atoms with van der Waals surface area (Å²) in [5, 5.41) is 0. The van der Waals surface area contributed by atoms with Crippen LogP contribution >= 0.6 is 7.82 Å². The Morgan fingerprint density at radius 2 is 0.870 bits per heavy atom. The summed E-state index contributed by atoms with van der Waals surface area (Å²) >= 11 is 0. The standard InChI is InChI=1S/C45H85O8P/c1-3-5-7-9-11-13-15-17-19-20-21-22-23-24-26-28-30-32-34-36-38-40-45(47)53-43(42-52-54(48,49)50)41-51-44(46)39-37-35-33-31-29-27-25-18-16-14-12-10-8-6-4-2/h4,17,19,43H,2-3,5-16,18,20-42H2,1H3,(H2,48,49,50)/b19-17+/t43-/m1/s1. The fourth-order valence-electron chi connectivity index (χ4n) is 6.70. The van der Waals surface area contributed by atoms with Gasteiger partial charge in [0.1, 0.15) is 6.61 Å². The highest BCUT2D eigenvalue weighted by atomic mass is 31.2. The van der Waals surface area contributed by atoms with E-state index in [0.29, 0.717) is 6.42 Å². The third kappa shape index (κ3) is 43.3. The molecular formula is C45H85O8P. The predicted molar refractivity (Wildman–Crippen MR) is 225 cm³/mol. The zero-order chi connectivity index (χ0) is 39.6. The smallest absolute Gasteiger partial charge is 0.462 e. The van der Waals surface area contributed by atoms with E-state index in [1.54, 1.807) is 0 Å².